The van der Waals surface area contributed by atoms with E-state index in [9.17, 15) is 19.5 Å². The van der Waals surface area contributed by atoms with Crippen LogP contribution in [0.15, 0.2) is 35.7 Å². The lowest BCUT2D eigenvalue weighted by Crippen LogP contribution is -2.42. The highest BCUT2D eigenvalue weighted by molar-refractivity contribution is 7.18. The molecule has 0 saturated heterocycles. The van der Waals surface area contributed by atoms with Gasteiger partial charge in [-0.05, 0) is 69.2 Å². The highest BCUT2D eigenvalue weighted by Gasteiger charge is 2.33. The van der Waals surface area contributed by atoms with Crippen molar-refractivity contribution < 1.29 is 19.5 Å². The van der Waals surface area contributed by atoms with Crippen LogP contribution in [-0.4, -0.2) is 33.9 Å². The van der Waals surface area contributed by atoms with E-state index in [4.69, 9.17) is 5.73 Å². The Bertz CT molecular complexity index is 1260. The van der Waals surface area contributed by atoms with Gasteiger partial charge < -0.3 is 21.1 Å². The molecule has 1 aromatic carbocycles. The first-order valence-corrected chi connectivity index (χ1v) is 13.7. The van der Waals surface area contributed by atoms with Gasteiger partial charge in [0.15, 0.2) is 5.13 Å². The second-order valence-corrected chi connectivity index (χ2v) is 11.4. The first-order chi connectivity index (χ1) is 17.1. The number of carboxylic acids is 1. The van der Waals surface area contributed by atoms with Crippen molar-refractivity contribution in [1.29, 1.82) is 0 Å². The maximum atomic E-state index is 13.5. The summed E-state index contributed by atoms with van der Waals surface area (Å²) in [5.74, 6) is -0.862. The highest BCUT2D eigenvalue weighted by Crippen LogP contribution is 2.40. The average Bonchev–Trinajstić information content (AvgIpc) is 3.47. The van der Waals surface area contributed by atoms with E-state index in [1.807, 2.05) is 26.0 Å². The van der Waals surface area contributed by atoms with Crippen molar-refractivity contribution in [3.63, 3.8) is 0 Å². The number of benzene rings is 1. The number of nitrogen functional groups attached to an aromatic ring is 1. The SMILES string of the molecule is CC1CCC(C(=O)N(c2cc(-c3ccc(NC(=O)c4csc(N)n4)cc3)sc2C(=O)O)C(C)C)CC1. The van der Waals surface area contributed by atoms with Crippen molar-refractivity contribution >= 4 is 57.0 Å². The first-order valence-electron chi connectivity index (χ1n) is 12.0. The summed E-state index contributed by atoms with van der Waals surface area (Å²) >= 11 is 2.34. The largest absolute Gasteiger partial charge is 0.477 e. The number of amides is 2. The molecular formula is C26H30N4O4S2. The van der Waals surface area contributed by atoms with Gasteiger partial charge in [0.1, 0.15) is 10.6 Å². The van der Waals surface area contributed by atoms with Crippen molar-refractivity contribution in [2.75, 3.05) is 16.0 Å². The van der Waals surface area contributed by atoms with Gasteiger partial charge in [0.25, 0.3) is 5.91 Å². The Morgan fingerprint density at radius 2 is 1.81 bits per heavy atom. The third-order valence-electron chi connectivity index (χ3n) is 6.47. The van der Waals surface area contributed by atoms with Crippen LogP contribution < -0.4 is 16.0 Å². The predicted molar refractivity (Wildman–Crippen MR) is 145 cm³/mol. The molecule has 2 aromatic heterocycles. The highest BCUT2D eigenvalue weighted by atomic mass is 32.1. The number of rotatable bonds is 7. The molecule has 0 spiro atoms. The van der Waals surface area contributed by atoms with Crippen LogP contribution in [0.5, 0.6) is 0 Å². The summed E-state index contributed by atoms with van der Waals surface area (Å²) in [6, 6.07) is 8.75. The minimum atomic E-state index is -1.05. The number of hydrogen-bond acceptors (Lipinski definition) is 7. The summed E-state index contributed by atoms with van der Waals surface area (Å²) in [4.78, 5) is 44.5. The molecule has 4 rings (SSSR count). The van der Waals surface area contributed by atoms with Crippen molar-refractivity contribution in [3.8, 4) is 10.4 Å². The third-order valence-corrected chi connectivity index (χ3v) is 8.30. The molecule has 8 nitrogen and oxygen atoms in total. The van der Waals surface area contributed by atoms with Crippen LogP contribution in [0.25, 0.3) is 10.4 Å². The number of nitrogens with two attached hydrogens (primary N) is 1. The molecule has 190 valence electrons. The molecule has 0 bridgehead atoms. The van der Waals surface area contributed by atoms with Crippen molar-refractivity contribution in [2.24, 2.45) is 11.8 Å². The van der Waals surface area contributed by atoms with Crippen LogP contribution >= 0.6 is 22.7 Å². The fourth-order valence-corrected chi connectivity index (χ4v) is 6.05. The molecule has 4 N–H and O–H groups in total. The molecule has 3 aromatic rings. The number of aromatic nitrogens is 1. The molecule has 0 aliphatic heterocycles. The van der Waals surface area contributed by atoms with Gasteiger partial charge >= 0.3 is 5.97 Å². The number of thiazole rings is 1. The second-order valence-electron chi connectivity index (χ2n) is 9.49. The molecule has 1 aliphatic rings. The summed E-state index contributed by atoms with van der Waals surface area (Å²) in [5, 5.41) is 14.6. The molecule has 1 fully saturated rings. The minimum Gasteiger partial charge on any atom is -0.477 e. The van der Waals surface area contributed by atoms with Crippen LogP contribution in [-0.2, 0) is 4.79 Å². The standard InChI is InChI=1S/C26H30N4O4S2/c1-14(2)30(24(32)17-6-4-15(3)5-7-17)20-12-21(36-22(20)25(33)34)16-8-10-18(11-9-16)28-23(31)19-13-35-26(27)29-19/h8-15,17H,4-7H2,1-3H3,(H2,27,29)(H,28,31)(H,33,34). The lowest BCUT2D eigenvalue weighted by molar-refractivity contribution is -0.123. The van der Waals surface area contributed by atoms with Gasteiger partial charge in [-0.25, -0.2) is 9.78 Å². The van der Waals surface area contributed by atoms with Gasteiger partial charge in [-0.1, -0.05) is 19.1 Å². The normalized spacial score (nSPS) is 17.7. The van der Waals surface area contributed by atoms with Crippen LogP contribution in [0, 0.1) is 11.8 Å². The van der Waals surface area contributed by atoms with Gasteiger partial charge in [0.2, 0.25) is 5.91 Å². The quantitative estimate of drug-likeness (QED) is 0.348. The Labute approximate surface area is 218 Å². The lowest BCUT2D eigenvalue weighted by Gasteiger charge is -2.33. The molecule has 2 amide bonds. The number of aromatic carboxylic acids is 1. The Balaban J connectivity index is 1.58. The Morgan fingerprint density at radius 3 is 2.36 bits per heavy atom. The van der Waals surface area contributed by atoms with E-state index in [-0.39, 0.29) is 34.3 Å². The van der Waals surface area contributed by atoms with Crippen molar-refractivity contribution in [1.82, 2.24) is 4.98 Å². The molecule has 0 unspecified atom stereocenters. The predicted octanol–water partition coefficient (Wildman–Crippen LogP) is 5.97. The van der Waals surface area contributed by atoms with Gasteiger partial charge in [-0.2, -0.15) is 0 Å². The van der Waals surface area contributed by atoms with Gasteiger partial charge in [0.05, 0.1) is 5.69 Å². The topological polar surface area (TPSA) is 126 Å². The fourth-order valence-electron chi connectivity index (χ4n) is 4.52. The van der Waals surface area contributed by atoms with E-state index in [0.29, 0.717) is 22.4 Å². The summed E-state index contributed by atoms with van der Waals surface area (Å²) in [7, 11) is 0. The number of carbonyl (C=O) groups excluding carboxylic acids is 2. The maximum absolute atomic E-state index is 13.5. The summed E-state index contributed by atoms with van der Waals surface area (Å²) < 4.78 is 0. The number of anilines is 3. The zero-order chi connectivity index (χ0) is 26.0. The molecule has 36 heavy (non-hydrogen) atoms. The Kier molecular flexibility index (Phi) is 7.75. The second kappa shape index (κ2) is 10.8. The number of hydrogen-bond donors (Lipinski definition) is 3. The molecule has 1 aliphatic carbocycles. The smallest absolute Gasteiger partial charge is 0.348 e. The summed E-state index contributed by atoms with van der Waals surface area (Å²) in [5.41, 5.74) is 7.67. The van der Waals surface area contributed by atoms with Crippen LogP contribution in [0.2, 0.25) is 0 Å². The van der Waals surface area contributed by atoms with E-state index < -0.39 is 5.97 Å². The minimum absolute atomic E-state index is 0.00415. The fraction of sp³-hybridized carbons (Fsp3) is 0.385. The summed E-state index contributed by atoms with van der Waals surface area (Å²) in [6.07, 6.45) is 3.70. The molecule has 2 heterocycles. The molecule has 10 heteroatoms. The van der Waals surface area contributed by atoms with E-state index in [1.54, 1.807) is 28.5 Å². The maximum Gasteiger partial charge on any atom is 0.348 e. The van der Waals surface area contributed by atoms with E-state index >= 15 is 0 Å². The molecule has 0 atom stereocenters. The Morgan fingerprint density at radius 1 is 1.14 bits per heavy atom. The first kappa shape index (κ1) is 25.8. The molecule has 1 saturated carbocycles. The van der Waals surface area contributed by atoms with Crippen molar-refractivity contribution in [2.45, 2.75) is 52.5 Å². The van der Waals surface area contributed by atoms with E-state index in [2.05, 4.69) is 17.2 Å². The van der Waals surface area contributed by atoms with E-state index in [0.717, 1.165) is 47.5 Å². The third kappa shape index (κ3) is 5.60. The average molecular weight is 527 g/mol. The molecular weight excluding hydrogens is 496 g/mol. The van der Waals surface area contributed by atoms with Gasteiger partial charge in [-0.15, -0.1) is 22.7 Å². The monoisotopic (exact) mass is 526 g/mol. The van der Waals surface area contributed by atoms with Crippen LogP contribution in [0.1, 0.15) is 66.6 Å². The lowest BCUT2D eigenvalue weighted by atomic mass is 9.82. The van der Waals surface area contributed by atoms with Crippen LogP contribution in [0.3, 0.4) is 0 Å². The summed E-state index contributed by atoms with van der Waals surface area (Å²) in [6.45, 7) is 6.04. The number of nitrogens with one attached hydrogen (secondary N) is 1. The van der Waals surface area contributed by atoms with Crippen LogP contribution in [0.4, 0.5) is 16.5 Å². The Hall–Kier alpha value is -3.24. The van der Waals surface area contributed by atoms with Gasteiger partial charge in [0, 0.05) is 27.9 Å². The zero-order valence-electron chi connectivity index (χ0n) is 20.5. The number of carbonyl (C=O) groups is 3. The number of nitrogens with zero attached hydrogens (tertiary/aromatic N) is 2. The van der Waals surface area contributed by atoms with E-state index in [1.165, 1.54) is 11.3 Å². The van der Waals surface area contributed by atoms with Gasteiger partial charge in [-0.3, -0.25) is 9.59 Å². The number of thiophene rings is 1. The van der Waals surface area contributed by atoms with Crippen molar-refractivity contribution in [3.05, 3.63) is 46.3 Å². The number of carboxylic acid groups (broad SMARTS) is 1. The molecule has 0 radical (unpaired) electrons. The zero-order valence-corrected chi connectivity index (χ0v) is 22.1.